The highest BCUT2D eigenvalue weighted by Crippen LogP contribution is 2.40. The Morgan fingerprint density at radius 1 is 1.17 bits per heavy atom. The topological polar surface area (TPSA) is 57.0 Å². The number of rotatable bonds is 5. The van der Waals surface area contributed by atoms with Crippen LogP contribution in [-0.2, 0) is 16.0 Å². The number of pyridine rings is 2. The summed E-state index contributed by atoms with van der Waals surface area (Å²) >= 11 is 6.32. The number of hydrogen-bond acceptors (Lipinski definition) is 4. The van der Waals surface area contributed by atoms with Gasteiger partial charge in [-0.25, -0.2) is 4.98 Å². The van der Waals surface area contributed by atoms with Gasteiger partial charge in [0.05, 0.1) is 17.1 Å². The lowest BCUT2D eigenvalue weighted by atomic mass is 9.86. The van der Waals surface area contributed by atoms with Crippen LogP contribution < -0.4 is 0 Å². The maximum absolute atomic E-state index is 11.1. The van der Waals surface area contributed by atoms with E-state index in [4.69, 9.17) is 26.3 Å². The van der Waals surface area contributed by atoms with E-state index in [1.165, 1.54) is 5.56 Å². The molecule has 0 spiro atoms. The van der Waals surface area contributed by atoms with E-state index in [0.717, 1.165) is 60.0 Å². The highest BCUT2D eigenvalue weighted by Gasteiger charge is 2.30. The van der Waals surface area contributed by atoms with Crippen LogP contribution in [0, 0.1) is 5.92 Å². The molecule has 1 aliphatic heterocycles. The first kappa shape index (κ1) is 19.2. The molecule has 1 fully saturated rings. The smallest absolute Gasteiger partial charge is 0.144 e. The van der Waals surface area contributed by atoms with Crippen molar-refractivity contribution in [3.05, 3.63) is 71.0 Å². The highest BCUT2D eigenvalue weighted by molar-refractivity contribution is 6.30. The molecule has 1 aliphatic rings. The van der Waals surface area contributed by atoms with Crippen molar-refractivity contribution in [1.29, 1.82) is 0 Å². The van der Waals surface area contributed by atoms with E-state index >= 15 is 0 Å². The first-order valence-corrected chi connectivity index (χ1v) is 10.7. The fraction of sp³-hybridized carbons (Fsp3) is 0.292. The Balaban J connectivity index is 1.82. The van der Waals surface area contributed by atoms with Crippen LogP contribution in [0.2, 0.25) is 5.15 Å². The summed E-state index contributed by atoms with van der Waals surface area (Å²) in [5, 5.41) is 1.43. The second kappa shape index (κ2) is 8.17. The minimum atomic E-state index is 0.0781. The number of carbonyl (C=O) groups is 1. The van der Waals surface area contributed by atoms with Crippen molar-refractivity contribution >= 4 is 40.0 Å². The molecule has 5 nitrogen and oxygen atoms in total. The molecule has 0 aliphatic carbocycles. The zero-order valence-corrected chi connectivity index (χ0v) is 17.3. The maximum atomic E-state index is 11.1. The van der Waals surface area contributed by atoms with Gasteiger partial charge in [0.1, 0.15) is 17.1 Å². The molecule has 4 heterocycles. The van der Waals surface area contributed by atoms with Gasteiger partial charge in [0.25, 0.3) is 0 Å². The first-order valence-electron chi connectivity index (χ1n) is 10.3. The Kier molecular flexibility index (Phi) is 5.23. The number of aldehydes is 1. The summed E-state index contributed by atoms with van der Waals surface area (Å²) in [6.07, 6.45) is 4.98. The third-order valence-corrected chi connectivity index (χ3v) is 6.17. The number of aromatic nitrogens is 3. The van der Waals surface area contributed by atoms with Crippen LogP contribution in [-0.4, -0.2) is 34.0 Å². The van der Waals surface area contributed by atoms with Gasteiger partial charge < -0.3 is 14.1 Å². The van der Waals surface area contributed by atoms with Gasteiger partial charge in [-0.15, -0.1) is 0 Å². The van der Waals surface area contributed by atoms with Gasteiger partial charge in [0, 0.05) is 31.2 Å². The predicted molar refractivity (Wildman–Crippen MR) is 118 cm³/mol. The lowest BCUT2D eigenvalue weighted by Crippen LogP contribution is -2.27. The molecule has 152 valence electrons. The van der Waals surface area contributed by atoms with Crippen LogP contribution in [0.25, 0.3) is 22.1 Å². The number of nitrogens with zero attached hydrogens (tertiary/aromatic N) is 3. The molecule has 0 amide bonds. The third-order valence-electron chi connectivity index (χ3n) is 5.96. The zero-order valence-electron chi connectivity index (χ0n) is 16.5. The molecule has 0 radical (unpaired) electrons. The number of ether oxygens (including phenoxy) is 1. The van der Waals surface area contributed by atoms with Gasteiger partial charge >= 0.3 is 0 Å². The Bertz CT molecular complexity index is 1200. The van der Waals surface area contributed by atoms with Crippen LogP contribution in [0.4, 0.5) is 0 Å². The minimum Gasteiger partial charge on any atom is -0.381 e. The summed E-state index contributed by atoms with van der Waals surface area (Å²) in [4.78, 5) is 20.6. The molecule has 1 aromatic carbocycles. The van der Waals surface area contributed by atoms with Crippen molar-refractivity contribution in [3.8, 4) is 0 Å². The summed E-state index contributed by atoms with van der Waals surface area (Å²) < 4.78 is 7.93. The lowest BCUT2D eigenvalue weighted by molar-refractivity contribution is -0.107. The second-order valence-electron chi connectivity index (χ2n) is 7.76. The standard InChI is InChI=1S/C24H22ClN3O2/c25-21-7-6-19-22-20(14-16(8-11-29)15-26-22)28(24(19)27-21)23(17-4-2-1-3-5-17)18-9-12-30-13-10-18/h1-7,11,14-15,18,23H,8-10,12-13H2/t23-/m0/s1. The molecule has 0 saturated carbocycles. The van der Waals surface area contributed by atoms with E-state index in [1.54, 1.807) is 12.3 Å². The SMILES string of the molecule is O=CCc1cnc2c3ccc(Cl)nc3n([C@@H](c3ccccc3)C3CCOCC3)c2c1. The summed E-state index contributed by atoms with van der Waals surface area (Å²) in [6.45, 7) is 1.52. The molecule has 6 heteroatoms. The van der Waals surface area contributed by atoms with Crippen LogP contribution in [0.1, 0.15) is 30.0 Å². The van der Waals surface area contributed by atoms with Crippen molar-refractivity contribution in [2.24, 2.45) is 5.92 Å². The van der Waals surface area contributed by atoms with E-state index in [0.29, 0.717) is 17.5 Å². The number of fused-ring (bicyclic) bond motifs is 3. The number of halogens is 1. The van der Waals surface area contributed by atoms with Crippen molar-refractivity contribution in [1.82, 2.24) is 14.5 Å². The lowest BCUT2D eigenvalue weighted by Gasteiger charge is -2.32. The molecule has 1 atom stereocenters. The van der Waals surface area contributed by atoms with Gasteiger partial charge in [-0.05, 0) is 48.1 Å². The fourth-order valence-corrected chi connectivity index (χ4v) is 4.74. The molecule has 0 bridgehead atoms. The van der Waals surface area contributed by atoms with Crippen LogP contribution in [0.15, 0.2) is 54.7 Å². The van der Waals surface area contributed by atoms with Crippen LogP contribution in [0.3, 0.4) is 0 Å². The first-order chi connectivity index (χ1) is 14.8. The molecule has 3 aromatic heterocycles. The Morgan fingerprint density at radius 2 is 1.97 bits per heavy atom. The molecular weight excluding hydrogens is 398 g/mol. The predicted octanol–water partition coefficient (Wildman–Crippen LogP) is 5.00. The van der Waals surface area contributed by atoms with Crippen molar-refractivity contribution in [3.63, 3.8) is 0 Å². The highest BCUT2D eigenvalue weighted by atomic mass is 35.5. The number of benzene rings is 1. The van der Waals surface area contributed by atoms with E-state index in [-0.39, 0.29) is 6.04 Å². The molecule has 0 N–H and O–H groups in total. The zero-order chi connectivity index (χ0) is 20.5. The molecular formula is C24H22ClN3O2. The fourth-order valence-electron chi connectivity index (χ4n) is 4.60. The van der Waals surface area contributed by atoms with Crippen molar-refractivity contribution in [2.75, 3.05) is 13.2 Å². The van der Waals surface area contributed by atoms with Gasteiger partial charge in [-0.1, -0.05) is 41.9 Å². The Morgan fingerprint density at radius 3 is 2.73 bits per heavy atom. The third kappa shape index (κ3) is 3.38. The van der Waals surface area contributed by atoms with Crippen molar-refractivity contribution in [2.45, 2.75) is 25.3 Å². The van der Waals surface area contributed by atoms with Gasteiger partial charge in [-0.3, -0.25) is 4.98 Å². The van der Waals surface area contributed by atoms with Crippen LogP contribution >= 0.6 is 11.6 Å². The van der Waals surface area contributed by atoms with Gasteiger partial charge in [0.2, 0.25) is 0 Å². The van der Waals surface area contributed by atoms with E-state index in [9.17, 15) is 4.79 Å². The minimum absolute atomic E-state index is 0.0781. The van der Waals surface area contributed by atoms with E-state index < -0.39 is 0 Å². The van der Waals surface area contributed by atoms with Gasteiger partial charge in [-0.2, -0.15) is 0 Å². The monoisotopic (exact) mass is 419 g/mol. The quantitative estimate of drug-likeness (QED) is 0.337. The number of carbonyl (C=O) groups excluding carboxylic acids is 1. The molecule has 0 unspecified atom stereocenters. The summed E-state index contributed by atoms with van der Waals surface area (Å²) in [6, 6.07) is 16.5. The van der Waals surface area contributed by atoms with Crippen LogP contribution in [0.5, 0.6) is 0 Å². The summed E-state index contributed by atoms with van der Waals surface area (Å²) in [5.41, 5.74) is 4.82. The average Bonchev–Trinajstić information content (AvgIpc) is 3.08. The van der Waals surface area contributed by atoms with E-state index in [1.807, 2.05) is 12.1 Å². The number of hydrogen-bond donors (Lipinski definition) is 0. The summed E-state index contributed by atoms with van der Waals surface area (Å²) in [7, 11) is 0. The Hall–Kier alpha value is -2.76. The van der Waals surface area contributed by atoms with Crippen molar-refractivity contribution < 1.29 is 9.53 Å². The molecule has 30 heavy (non-hydrogen) atoms. The van der Waals surface area contributed by atoms with Gasteiger partial charge in [0.15, 0.2) is 0 Å². The molecule has 1 saturated heterocycles. The largest absolute Gasteiger partial charge is 0.381 e. The maximum Gasteiger partial charge on any atom is 0.144 e. The summed E-state index contributed by atoms with van der Waals surface area (Å²) in [5.74, 6) is 0.399. The normalized spacial score (nSPS) is 16.2. The second-order valence-corrected chi connectivity index (χ2v) is 8.15. The average molecular weight is 420 g/mol. The Labute approximate surface area is 179 Å². The molecule has 5 rings (SSSR count). The molecule has 4 aromatic rings. The van der Waals surface area contributed by atoms with E-state index in [2.05, 4.69) is 34.9 Å².